The van der Waals surface area contributed by atoms with Crippen molar-refractivity contribution in [1.29, 1.82) is 0 Å². The van der Waals surface area contributed by atoms with Crippen LogP contribution in [-0.4, -0.2) is 15.7 Å². The van der Waals surface area contributed by atoms with E-state index >= 15 is 0 Å². The van der Waals surface area contributed by atoms with Crippen LogP contribution in [0.15, 0.2) is 59.5 Å². The van der Waals surface area contributed by atoms with Crippen molar-refractivity contribution in [3.05, 3.63) is 86.8 Å². The lowest BCUT2D eigenvalue weighted by Gasteiger charge is -2.09. The molecule has 1 aromatic heterocycles. The zero-order chi connectivity index (χ0) is 18.0. The Morgan fingerprint density at radius 3 is 2.60 bits per heavy atom. The third-order valence-corrected chi connectivity index (χ3v) is 4.10. The molecule has 1 heterocycles. The molecule has 5 nitrogen and oxygen atoms in total. The topological polar surface area (TPSA) is 64.0 Å². The van der Waals surface area contributed by atoms with Crippen molar-refractivity contribution in [3.63, 3.8) is 0 Å². The Labute approximate surface area is 149 Å². The predicted molar refractivity (Wildman–Crippen MR) is 98.7 cm³/mol. The maximum Gasteiger partial charge on any atom is 0.280 e. The summed E-state index contributed by atoms with van der Waals surface area (Å²) in [6.07, 6.45) is 1.50. The number of aromatic nitrogens is 2. The number of nitrogens with one attached hydrogen (secondary N) is 1. The van der Waals surface area contributed by atoms with Gasteiger partial charge in [-0.2, -0.15) is 5.10 Å². The summed E-state index contributed by atoms with van der Waals surface area (Å²) in [4.78, 5) is 24.5. The van der Waals surface area contributed by atoms with E-state index in [0.717, 1.165) is 11.1 Å². The Morgan fingerprint density at radius 1 is 1.08 bits per heavy atom. The Hall–Kier alpha value is -2.92. The number of carbonyl (C=O) groups excluding carboxylic acids is 1. The molecule has 3 aromatic rings. The van der Waals surface area contributed by atoms with Gasteiger partial charge in [0, 0.05) is 23.0 Å². The average Bonchev–Trinajstić information content (AvgIpc) is 2.58. The monoisotopic (exact) mass is 353 g/mol. The van der Waals surface area contributed by atoms with Gasteiger partial charge in [0.2, 0.25) is 5.43 Å². The number of hydrogen-bond acceptors (Lipinski definition) is 3. The van der Waals surface area contributed by atoms with E-state index in [9.17, 15) is 9.59 Å². The summed E-state index contributed by atoms with van der Waals surface area (Å²) < 4.78 is 1.45. The smallest absolute Gasteiger partial charge is 0.280 e. The normalized spacial score (nSPS) is 10.5. The number of aryl methyl sites for hydroxylation is 2. The largest absolute Gasteiger partial charge is 0.320 e. The molecule has 0 fully saturated rings. The van der Waals surface area contributed by atoms with Crippen LogP contribution in [0.25, 0.3) is 5.69 Å². The van der Waals surface area contributed by atoms with Crippen molar-refractivity contribution in [2.24, 2.45) is 0 Å². The summed E-state index contributed by atoms with van der Waals surface area (Å²) >= 11 is 5.98. The molecule has 0 radical (unpaired) electrons. The molecule has 0 aliphatic carbocycles. The van der Waals surface area contributed by atoms with E-state index in [1.807, 2.05) is 26.0 Å². The van der Waals surface area contributed by atoms with Gasteiger partial charge in [0.1, 0.15) is 0 Å². The van der Waals surface area contributed by atoms with Gasteiger partial charge in [-0.1, -0.05) is 23.7 Å². The van der Waals surface area contributed by atoms with Gasteiger partial charge in [0.05, 0.1) is 5.69 Å². The Balaban J connectivity index is 1.93. The second kappa shape index (κ2) is 6.91. The third-order valence-electron chi connectivity index (χ3n) is 3.86. The first kappa shape index (κ1) is 16.9. The van der Waals surface area contributed by atoms with E-state index in [1.165, 1.54) is 16.9 Å². The van der Waals surface area contributed by atoms with Crippen LogP contribution in [0, 0.1) is 13.8 Å². The molecule has 6 heteroatoms. The summed E-state index contributed by atoms with van der Waals surface area (Å²) in [5.74, 6) is -0.551. The van der Waals surface area contributed by atoms with Crippen molar-refractivity contribution >= 4 is 23.2 Å². The van der Waals surface area contributed by atoms with Crippen LogP contribution in [-0.2, 0) is 0 Å². The highest BCUT2D eigenvalue weighted by Gasteiger charge is 2.14. The molecular weight excluding hydrogens is 338 g/mol. The molecule has 0 bridgehead atoms. The van der Waals surface area contributed by atoms with Crippen molar-refractivity contribution < 1.29 is 4.79 Å². The molecule has 0 saturated carbocycles. The van der Waals surface area contributed by atoms with Crippen LogP contribution in [0.2, 0.25) is 5.02 Å². The van der Waals surface area contributed by atoms with Gasteiger partial charge in [-0.05, 0) is 55.3 Å². The van der Waals surface area contributed by atoms with Gasteiger partial charge in [-0.15, -0.1) is 0 Å². The highest BCUT2D eigenvalue weighted by molar-refractivity contribution is 6.30. The molecule has 1 N–H and O–H groups in total. The van der Waals surface area contributed by atoms with Crippen LogP contribution < -0.4 is 10.7 Å². The number of rotatable bonds is 3. The molecule has 2 aromatic carbocycles. The minimum absolute atomic E-state index is 0.180. The number of hydrogen-bond donors (Lipinski definition) is 1. The van der Waals surface area contributed by atoms with Crippen LogP contribution in [0.5, 0.6) is 0 Å². The molecule has 0 saturated heterocycles. The zero-order valence-corrected chi connectivity index (χ0v) is 14.5. The van der Waals surface area contributed by atoms with E-state index in [0.29, 0.717) is 16.4 Å². The number of anilines is 1. The minimum atomic E-state index is -0.551. The lowest BCUT2D eigenvalue weighted by atomic mass is 10.1. The SMILES string of the molecule is Cc1ccc(NC(=O)c2nn(-c3cccc(Cl)c3)ccc2=O)cc1C. The first-order valence-corrected chi connectivity index (χ1v) is 8.06. The first-order chi connectivity index (χ1) is 11.9. The predicted octanol–water partition coefficient (Wildman–Crippen LogP) is 3.76. The molecule has 25 heavy (non-hydrogen) atoms. The van der Waals surface area contributed by atoms with Crippen molar-refractivity contribution in [2.75, 3.05) is 5.32 Å². The molecule has 0 spiro atoms. The second-order valence-corrected chi connectivity index (χ2v) is 6.14. The second-order valence-electron chi connectivity index (χ2n) is 5.71. The van der Waals surface area contributed by atoms with Gasteiger partial charge >= 0.3 is 0 Å². The molecule has 0 unspecified atom stereocenters. The maximum atomic E-state index is 12.5. The fourth-order valence-electron chi connectivity index (χ4n) is 2.34. The van der Waals surface area contributed by atoms with Gasteiger partial charge < -0.3 is 5.32 Å². The Kier molecular flexibility index (Phi) is 4.67. The molecule has 0 aliphatic heterocycles. The first-order valence-electron chi connectivity index (χ1n) is 7.68. The highest BCUT2D eigenvalue weighted by atomic mass is 35.5. The summed E-state index contributed by atoms with van der Waals surface area (Å²) in [6.45, 7) is 3.95. The average molecular weight is 354 g/mol. The van der Waals surface area contributed by atoms with E-state index in [1.54, 1.807) is 30.3 Å². The number of carbonyl (C=O) groups is 1. The molecule has 3 rings (SSSR count). The summed E-state index contributed by atoms with van der Waals surface area (Å²) in [6, 6.07) is 13.9. The van der Waals surface area contributed by atoms with E-state index < -0.39 is 11.3 Å². The fraction of sp³-hybridized carbons (Fsp3) is 0.105. The van der Waals surface area contributed by atoms with Gasteiger partial charge in [0.25, 0.3) is 5.91 Å². The lowest BCUT2D eigenvalue weighted by Crippen LogP contribution is -2.25. The summed E-state index contributed by atoms with van der Waals surface area (Å²) in [5, 5.41) is 7.41. The van der Waals surface area contributed by atoms with E-state index in [-0.39, 0.29) is 5.69 Å². The van der Waals surface area contributed by atoms with Crippen molar-refractivity contribution in [2.45, 2.75) is 13.8 Å². The number of halogens is 1. The zero-order valence-electron chi connectivity index (χ0n) is 13.8. The number of amides is 1. The lowest BCUT2D eigenvalue weighted by molar-refractivity contribution is 0.101. The number of benzene rings is 2. The Bertz CT molecular complexity index is 1010. The van der Waals surface area contributed by atoms with Crippen LogP contribution in [0.1, 0.15) is 21.6 Å². The molecule has 0 aliphatic rings. The van der Waals surface area contributed by atoms with Crippen LogP contribution in [0.4, 0.5) is 5.69 Å². The van der Waals surface area contributed by atoms with Gasteiger partial charge in [-0.25, -0.2) is 4.68 Å². The van der Waals surface area contributed by atoms with Crippen LogP contribution >= 0.6 is 11.6 Å². The molecular formula is C19H16ClN3O2. The molecule has 126 valence electrons. The fourth-order valence-corrected chi connectivity index (χ4v) is 2.52. The van der Waals surface area contributed by atoms with E-state index in [4.69, 9.17) is 11.6 Å². The van der Waals surface area contributed by atoms with Crippen LogP contribution in [0.3, 0.4) is 0 Å². The van der Waals surface area contributed by atoms with Gasteiger partial charge in [-0.3, -0.25) is 9.59 Å². The van der Waals surface area contributed by atoms with Gasteiger partial charge in [0.15, 0.2) is 5.69 Å². The third kappa shape index (κ3) is 3.78. The summed E-state index contributed by atoms with van der Waals surface area (Å²) in [5.41, 5.74) is 2.83. The molecule has 0 atom stereocenters. The van der Waals surface area contributed by atoms with Crippen molar-refractivity contribution in [1.82, 2.24) is 9.78 Å². The quantitative estimate of drug-likeness (QED) is 0.779. The molecule has 1 amide bonds. The van der Waals surface area contributed by atoms with E-state index in [2.05, 4.69) is 10.4 Å². The standard InChI is InChI=1S/C19H16ClN3O2/c1-12-6-7-15(10-13(12)2)21-19(25)18-17(24)8-9-23(22-18)16-5-3-4-14(20)11-16/h3-11H,1-2H3,(H,21,25). The summed E-state index contributed by atoms with van der Waals surface area (Å²) in [7, 11) is 0. The minimum Gasteiger partial charge on any atom is -0.320 e. The Morgan fingerprint density at radius 2 is 1.88 bits per heavy atom. The number of nitrogens with zero attached hydrogens (tertiary/aromatic N) is 2. The maximum absolute atomic E-state index is 12.5. The van der Waals surface area contributed by atoms with Crippen molar-refractivity contribution in [3.8, 4) is 5.69 Å². The highest BCUT2D eigenvalue weighted by Crippen LogP contribution is 2.15.